The lowest BCUT2D eigenvalue weighted by molar-refractivity contribution is 0.0952. The minimum absolute atomic E-state index is 0.0889. The van der Waals surface area contributed by atoms with Gasteiger partial charge in [-0.2, -0.15) is 5.10 Å². The summed E-state index contributed by atoms with van der Waals surface area (Å²) in [6.45, 7) is 7.74. The topological polar surface area (TPSA) is 63.1 Å². The number of aromatic nitrogens is 3. The van der Waals surface area contributed by atoms with Gasteiger partial charge in [0.2, 0.25) is 0 Å². The maximum Gasteiger partial charge on any atom is 0.252 e. The minimum atomic E-state index is -0.0889. The van der Waals surface area contributed by atoms with E-state index in [1.807, 2.05) is 27.0 Å². The third-order valence-corrected chi connectivity index (χ3v) is 5.67. The van der Waals surface area contributed by atoms with Crippen molar-refractivity contribution in [3.05, 3.63) is 58.4 Å². The number of nitrogens with one attached hydrogen (secondary N) is 1. The summed E-state index contributed by atoms with van der Waals surface area (Å²) in [7, 11) is 1.86. The van der Waals surface area contributed by atoms with Gasteiger partial charge in [-0.3, -0.25) is 14.4 Å². The molecule has 1 saturated heterocycles. The van der Waals surface area contributed by atoms with Crippen LogP contribution in [0.15, 0.2) is 30.3 Å². The first-order valence-electron chi connectivity index (χ1n) is 10.4. The minimum Gasteiger partial charge on any atom is -0.348 e. The fourth-order valence-electron chi connectivity index (χ4n) is 4.16. The van der Waals surface area contributed by atoms with Crippen molar-refractivity contribution < 1.29 is 4.79 Å². The number of carbonyl (C=O) groups is 1. The van der Waals surface area contributed by atoms with Crippen LogP contribution in [0, 0.1) is 13.8 Å². The maximum absolute atomic E-state index is 12.9. The summed E-state index contributed by atoms with van der Waals surface area (Å²) in [6.07, 6.45) is 3.97. The van der Waals surface area contributed by atoms with Gasteiger partial charge in [0.05, 0.1) is 16.6 Å². The van der Waals surface area contributed by atoms with Gasteiger partial charge in [0.1, 0.15) is 0 Å². The van der Waals surface area contributed by atoms with Crippen molar-refractivity contribution >= 4 is 16.9 Å². The Morgan fingerprint density at radius 2 is 1.76 bits per heavy atom. The lowest BCUT2D eigenvalue weighted by Gasteiger charge is -2.26. The molecule has 1 amide bonds. The fourth-order valence-corrected chi connectivity index (χ4v) is 4.16. The monoisotopic (exact) mass is 391 g/mol. The second-order valence-electron chi connectivity index (χ2n) is 8.05. The zero-order chi connectivity index (χ0) is 20.4. The number of fused-ring (bicyclic) bond motifs is 1. The number of hydrogen-bond donors (Lipinski definition) is 1. The summed E-state index contributed by atoms with van der Waals surface area (Å²) >= 11 is 0. The highest BCUT2D eigenvalue weighted by Gasteiger charge is 2.17. The molecule has 6 heteroatoms. The smallest absolute Gasteiger partial charge is 0.252 e. The molecule has 0 bridgehead atoms. The number of piperidine rings is 1. The van der Waals surface area contributed by atoms with E-state index in [1.165, 1.54) is 37.9 Å². The number of benzene rings is 1. The number of likely N-dealkylation sites (tertiary alicyclic amines) is 1. The molecule has 2 aromatic heterocycles. The van der Waals surface area contributed by atoms with Crippen LogP contribution >= 0.6 is 0 Å². The molecule has 6 nitrogen and oxygen atoms in total. The normalized spacial score (nSPS) is 15.0. The third-order valence-electron chi connectivity index (χ3n) is 5.67. The van der Waals surface area contributed by atoms with Crippen LogP contribution in [0.4, 0.5) is 0 Å². The molecule has 1 aromatic carbocycles. The zero-order valence-corrected chi connectivity index (χ0v) is 17.5. The zero-order valence-electron chi connectivity index (χ0n) is 17.5. The Labute approximate surface area is 171 Å². The Bertz CT molecular complexity index is 1020. The van der Waals surface area contributed by atoms with Gasteiger partial charge in [0.25, 0.3) is 5.91 Å². The predicted molar refractivity (Wildman–Crippen MR) is 115 cm³/mol. The molecule has 0 saturated carbocycles. The number of hydrogen-bond acceptors (Lipinski definition) is 4. The number of carbonyl (C=O) groups excluding carboxylic acids is 1. The van der Waals surface area contributed by atoms with Crippen LogP contribution in [0.2, 0.25) is 0 Å². The molecule has 1 aliphatic rings. The van der Waals surface area contributed by atoms with Crippen molar-refractivity contribution in [2.45, 2.75) is 46.2 Å². The van der Waals surface area contributed by atoms with Gasteiger partial charge in [0, 0.05) is 25.8 Å². The molecule has 29 heavy (non-hydrogen) atoms. The van der Waals surface area contributed by atoms with E-state index in [9.17, 15) is 4.79 Å². The lowest BCUT2D eigenvalue weighted by atomic mass is 10.1. The molecular formula is C23H29N5O. The van der Waals surface area contributed by atoms with Gasteiger partial charge in [-0.25, -0.2) is 4.98 Å². The standard InChI is InChI=1S/C23H29N5O/c1-16-13-20(21-17(2)26-27(3)22(21)25-16)23(29)24-14-18-7-9-19(10-8-18)15-28-11-5-4-6-12-28/h7-10,13H,4-6,11-12,14-15H2,1-3H3,(H,24,29). The van der Waals surface area contributed by atoms with E-state index >= 15 is 0 Å². The first-order chi connectivity index (χ1) is 14.0. The molecule has 152 valence electrons. The predicted octanol–water partition coefficient (Wildman–Crippen LogP) is 3.50. The largest absolute Gasteiger partial charge is 0.348 e. The average molecular weight is 392 g/mol. The molecule has 4 rings (SSSR count). The molecule has 1 N–H and O–H groups in total. The molecule has 3 heterocycles. The molecular weight excluding hydrogens is 362 g/mol. The Hall–Kier alpha value is -2.73. The van der Waals surface area contributed by atoms with Crippen LogP contribution in [0.1, 0.15) is 52.1 Å². The molecule has 0 unspecified atom stereocenters. The van der Waals surface area contributed by atoms with Gasteiger partial charge >= 0.3 is 0 Å². The van der Waals surface area contributed by atoms with Gasteiger partial charge in [-0.1, -0.05) is 30.7 Å². The van der Waals surface area contributed by atoms with Crippen LogP contribution in [0.25, 0.3) is 11.0 Å². The van der Waals surface area contributed by atoms with Crippen molar-refractivity contribution in [3.8, 4) is 0 Å². The summed E-state index contributed by atoms with van der Waals surface area (Å²) in [4.78, 5) is 19.9. The van der Waals surface area contributed by atoms with E-state index in [4.69, 9.17) is 0 Å². The molecule has 1 aliphatic heterocycles. The highest BCUT2D eigenvalue weighted by molar-refractivity contribution is 6.06. The van der Waals surface area contributed by atoms with Crippen LogP contribution in [0.3, 0.4) is 0 Å². The Morgan fingerprint density at radius 1 is 1.07 bits per heavy atom. The summed E-state index contributed by atoms with van der Waals surface area (Å²) in [6, 6.07) is 10.4. The molecule has 0 aliphatic carbocycles. The van der Waals surface area contributed by atoms with Crippen molar-refractivity contribution in [1.29, 1.82) is 0 Å². The Balaban J connectivity index is 1.43. The Morgan fingerprint density at radius 3 is 2.48 bits per heavy atom. The van der Waals surface area contributed by atoms with Crippen LogP contribution < -0.4 is 5.32 Å². The third kappa shape index (κ3) is 4.32. The molecule has 0 radical (unpaired) electrons. The maximum atomic E-state index is 12.9. The van der Waals surface area contributed by atoms with Crippen molar-refractivity contribution in [2.75, 3.05) is 13.1 Å². The van der Waals surface area contributed by atoms with Gasteiger partial charge in [-0.05, 0) is 57.0 Å². The van der Waals surface area contributed by atoms with Crippen molar-refractivity contribution in [1.82, 2.24) is 25.0 Å². The van der Waals surface area contributed by atoms with Crippen LogP contribution in [0.5, 0.6) is 0 Å². The summed E-state index contributed by atoms with van der Waals surface area (Å²) < 4.78 is 1.73. The van der Waals surface area contributed by atoms with Crippen LogP contribution in [-0.4, -0.2) is 38.7 Å². The van der Waals surface area contributed by atoms with Crippen molar-refractivity contribution in [3.63, 3.8) is 0 Å². The van der Waals surface area contributed by atoms with E-state index in [-0.39, 0.29) is 5.91 Å². The highest BCUT2D eigenvalue weighted by Crippen LogP contribution is 2.21. The number of rotatable bonds is 5. The second-order valence-corrected chi connectivity index (χ2v) is 8.05. The summed E-state index contributed by atoms with van der Waals surface area (Å²) in [5, 5.41) is 8.30. The average Bonchev–Trinajstić information content (AvgIpc) is 3.01. The summed E-state index contributed by atoms with van der Waals surface area (Å²) in [5.41, 5.74) is 5.45. The van der Waals surface area contributed by atoms with Gasteiger partial charge in [0.15, 0.2) is 5.65 Å². The van der Waals surface area contributed by atoms with Gasteiger partial charge < -0.3 is 5.32 Å². The fraction of sp³-hybridized carbons (Fsp3) is 0.435. The number of pyridine rings is 1. The SMILES string of the molecule is Cc1cc(C(=O)NCc2ccc(CN3CCCCC3)cc2)c2c(C)nn(C)c2n1. The molecule has 0 atom stereocenters. The first-order valence-corrected chi connectivity index (χ1v) is 10.4. The van der Waals surface area contributed by atoms with Crippen LogP contribution in [-0.2, 0) is 20.1 Å². The van der Waals surface area contributed by atoms with E-state index < -0.39 is 0 Å². The number of nitrogens with zero attached hydrogens (tertiary/aromatic N) is 4. The first kappa shape index (κ1) is 19.6. The summed E-state index contributed by atoms with van der Waals surface area (Å²) in [5.74, 6) is -0.0889. The number of aryl methyl sites for hydroxylation is 3. The van der Waals surface area contributed by atoms with E-state index in [0.29, 0.717) is 12.1 Å². The van der Waals surface area contributed by atoms with E-state index in [2.05, 4.69) is 44.6 Å². The number of amides is 1. The molecule has 3 aromatic rings. The van der Waals surface area contributed by atoms with Crippen molar-refractivity contribution in [2.24, 2.45) is 7.05 Å². The highest BCUT2D eigenvalue weighted by atomic mass is 16.1. The lowest BCUT2D eigenvalue weighted by Crippen LogP contribution is -2.29. The molecule has 0 spiro atoms. The molecule has 1 fully saturated rings. The van der Waals surface area contributed by atoms with E-state index in [0.717, 1.165) is 34.5 Å². The second kappa shape index (κ2) is 8.33. The quantitative estimate of drug-likeness (QED) is 0.723. The van der Waals surface area contributed by atoms with Gasteiger partial charge in [-0.15, -0.1) is 0 Å². The Kier molecular flexibility index (Phi) is 5.62. The van der Waals surface area contributed by atoms with E-state index in [1.54, 1.807) is 4.68 Å².